The van der Waals surface area contributed by atoms with E-state index in [1.54, 1.807) is 28.7 Å². The van der Waals surface area contributed by atoms with Crippen LogP contribution in [0.15, 0.2) is 48.9 Å². The molecule has 39 heavy (non-hydrogen) atoms. The van der Waals surface area contributed by atoms with Crippen molar-refractivity contribution in [3.05, 3.63) is 48.9 Å². The number of methoxy groups -OCH3 is 4. The summed E-state index contributed by atoms with van der Waals surface area (Å²) in [4.78, 5) is 26.1. The van der Waals surface area contributed by atoms with Crippen LogP contribution in [0.2, 0.25) is 0 Å². The molecule has 204 valence electrons. The Morgan fingerprint density at radius 3 is 2.28 bits per heavy atom. The molecule has 2 amide bonds. The van der Waals surface area contributed by atoms with Crippen molar-refractivity contribution < 1.29 is 23.7 Å². The molecule has 1 aliphatic rings. The van der Waals surface area contributed by atoms with Gasteiger partial charge in [0.1, 0.15) is 17.9 Å². The Hall–Kier alpha value is -4.74. The standard InChI is InChI=1S/C27H31N7O5/c1-36-20-8-6-18(7-9-20)21-16-28-26-29-17-30-34(26)25(21)32-10-5-11-33(13-12-32)27(35)31-19-14-22(37-2)24(39-4)23(15-19)38-3/h6-9,14-17H,5,10-13H2,1-4H3,(H,31,35). The zero-order chi connectivity index (χ0) is 27.4. The van der Waals surface area contributed by atoms with Gasteiger partial charge >= 0.3 is 6.03 Å². The van der Waals surface area contributed by atoms with Crippen LogP contribution in [-0.4, -0.2) is 85.1 Å². The molecule has 2 aromatic heterocycles. The van der Waals surface area contributed by atoms with E-state index in [1.807, 2.05) is 30.5 Å². The molecule has 0 radical (unpaired) electrons. The van der Waals surface area contributed by atoms with Gasteiger partial charge in [0.05, 0.1) is 34.1 Å². The molecule has 3 heterocycles. The third kappa shape index (κ3) is 5.17. The second-order valence-electron chi connectivity index (χ2n) is 8.87. The van der Waals surface area contributed by atoms with Crippen LogP contribution >= 0.6 is 0 Å². The van der Waals surface area contributed by atoms with Crippen molar-refractivity contribution in [1.29, 1.82) is 0 Å². The number of carbonyl (C=O) groups excluding carboxylic acids is 1. The molecule has 12 heteroatoms. The largest absolute Gasteiger partial charge is 0.497 e. The number of fused-ring (bicyclic) bond motifs is 1. The number of benzene rings is 2. The highest BCUT2D eigenvalue weighted by Crippen LogP contribution is 2.40. The normalized spacial score (nSPS) is 13.6. The van der Waals surface area contributed by atoms with Crippen molar-refractivity contribution in [2.45, 2.75) is 6.42 Å². The lowest BCUT2D eigenvalue weighted by Gasteiger charge is -2.26. The Balaban J connectivity index is 1.37. The van der Waals surface area contributed by atoms with E-state index in [-0.39, 0.29) is 6.03 Å². The van der Waals surface area contributed by atoms with Gasteiger partial charge in [-0.25, -0.2) is 9.78 Å². The zero-order valence-electron chi connectivity index (χ0n) is 22.4. The van der Waals surface area contributed by atoms with Gasteiger partial charge in [0.25, 0.3) is 5.78 Å². The SMILES string of the molecule is COc1ccc(-c2cnc3ncnn3c2N2CCCN(C(=O)Nc3cc(OC)c(OC)c(OC)c3)CC2)cc1. The number of nitrogens with zero attached hydrogens (tertiary/aromatic N) is 6. The number of aromatic nitrogens is 4. The van der Waals surface area contributed by atoms with Crippen molar-refractivity contribution in [3.63, 3.8) is 0 Å². The summed E-state index contributed by atoms with van der Waals surface area (Å²) >= 11 is 0. The first-order valence-corrected chi connectivity index (χ1v) is 12.5. The molecule has 0 bridgehead atoms. The molecular weight excluding hydrogens is 502 g/mol. The first kappa shape index (κ1) is 25.9. The third-order valence-corrected chi connectivity index (χ3v) is 6.68. The van der Waals surface area contributed by atoms with Crippen LogP contribution in [0.4, 0.5) is 16.3 Å². The van der Waals surface area contributed by atoms with Gasteiger partial charge in [-0.1, -0.05) is 12.1 Å². The minimum Gasteiger partial charge on any atom is -0.497 e. The highest BCUT2D eigenvalue weighted by molar-refractivity contribution is 5.90. The molecule has 5 rings (SSSR count). The minimum atomic E-state index is -0.206. The summed E-state index contributed by atoms with van der Waals surface area (Å²) in [5.41, 5.74) is 2.46. The van der Waals surface area contributed by atoms with Gasteiger partial charge in [-0.05, 0) is 24.1 Å². The number of urea groups is 1. The highest BCUT2D eigenvalue weighted by atomic mass is 16.5. The Bertz CT molecular complexity index is 1430. The number of amides is 2. The lowest BCUT2D eigenvalue weighted by Crippen LogP contribution is -2.38. The molecule has 0 saturated carbocycles. The van der Waals surface area contributed by atoms with E-state index in [0.29, 0.717) is 48.3 Å². The number of carbonyl (C=O) groups is 1. The first-order chi connectivity index (χ1) is 19.1. The minimum absolute atomic E-state index is 0.206. The smallest absolute Gasteiger partial charge is 0.321 e. The third-order valence-electron chi connectivity index (χ3n) is 6.68. The van der Waals surface area contributed by atoms with Crippen LogP contribution in [0, 0.1) is 0 Å². The molecule has 1 aliphatic heterocycles. The molecular formula is C27H31N7O5. The van der Waals surface area contributed by atoms with Gasteiger partial charge in [0.15, 0.2) is 11.5 Å². The number of ether oxygens (including phenoxy) is 4. The predicted octanol–water partition coefficient (Wildman–Crippen LogP) is 3.57. The topological polar surface area (TPSA) is 116 Å². The van der Waals surface area contributed by atoms with E-state index in [1.165, 1.54) is 27.7 Å². The molecule has 0 aliphatic carbocycles. The molecule has 1 N–H and O–H groups in total. The summed E-state index contributed by atoms with van der Waals surface area (Å²) in [6.07, 6.45) is 4.09. The molecule has 0 atom stereocenters. The van der Waals surface area contributed by atoms with Crippen LogP contribution in [0.5, 0.6) is 23.0 Å². The quantitative estimate of drug-likeness (QED) is 0.381. The summed E-state index contributed by atoms with van der Waals surface area (Å²) in [7, 11) is 6.26. The van der Waals surface area contributed by atoms with Crippen molar-refractivity contribution in [2.75, 3.05) is 64.8 Å². The van der Waals surface area contributed by atoms with Crippen molar-refractivity contribution in [2.24, 2.45) is 0 Å². The second-order valence-corrected chi connectivity index (χ2v) is 8.87. The highest BCUT2D eigenvalue weighted by Gasteiger charge is 2.25. The van der Waals surface area contributed by atoms with Gasteiger partial charge in [-0.3, -0.25) is 0 Å². The fourth-order valence-corrected chi connectivity index (χ4v) is 4.73. The van der Waals surface area contributed by atoms with E-state index in [4.69, 9.17) is 18.9 Å². The van der Waals surface area contributed by atoms with Crippen LogP contribution in [0.3, 0.4) is 0 Å². The molecule has 2 aromatic carbocycles. The number of hydrogen-bond acceptors (Lipinski definition) is 9. The maximum Gasteiger partial charge on any atom is 0.321 e. The fourth-order valence-electron chi connectivity index (χ4n) is 4.73. The summed E-state index contributed by atoms with van der Waals surface area (Å²) in [6, 6.07) is 11.0. The van der Waals surface area contributed by atoms with Crippen molar-refractivity contribution >= 4 is 23.3 Å². The van der Waals surface area contributed by atoms with E-state index >= 15 is 0 Å². The maximum absolute atomic E-state index is 13.3. The van der Waals surface area contributed by atoms with Gasteiger partial charge in [0.2, 0.25) is 5.75 Å². The number of hydrogen-bond donors (Lipinski definition) is 1. The summed E-state index contributed by atoms with van der Waals surface area (Å²) in [6.45, 7) is 2.44. The Labute approximate surface area is 226 Å². The fraction of sp³-hybridized carbons (Fsp3) is 0.333. The average Bonchev–Trinajstić information content (AvgIpc) is 3.32. The molecule has 0 spiro atoms. The Kier molecular flexibility index (Phi) is 7.53. The van der Waals surface area contributed by atoms with E-state index in [0.717, 1.165) is 35.7 Å². The Morgan fingerprint density at radius 2 is 1.62 bits per heavy atom. The van der Waals surface area contributed by atoms with Gasteiger partial charge in [0, 0.05) is 50.1 Å². The van der Waals surface area contributed by atoms with Gasteiger partial charge < -0.3 is 34.1 Å². The first-order valence-electron chi connectivity index (χ1n) is 12.5. The predicted molar refractivity (Wildman–Crippen MR) is 146 cm³/mol. The lowest BCUT2D eigenvalue weighted by atomic mass is 10.1. The molecule has 1 fully saturated rings. The van der Waals surface area contributed by atoms with E-state index in [9.17, 15) is 4.79 Å². The number of rotatable bonds is 7. The van der Waals surface area contributed by atoms with Crippen LogP contribution in [0.1, 0.15) is 6.42 Å². The van der Waals surface area contributed by atoms with E-state index in [2.05, 4.69) is 25.3 Å². The number of nitrogens with one attached hydrogen (secondary N) is 1. The summed E-state index contributed by atoms with van der Waals surface area (Å²) < 4.78 is 23.3. The molecule has 12 nitrogen and oxygen atoms in total. The number of anilines is 2. The molecule has 0 unspecified atom stereocenters. The molecule has 1 saturated heterocycles. The van der Waals surface area contributed by atoms with Gasteiger partial charge in [-0.2, -0.15) is 14.6 Å². The lowest BCUT2D eigenvalue weighted by molar-refractivity contribution is 0.215. The average molecular weight is 534 g/mol. The molecule has 4 aromatic rings. The van der Waals surface area contributed by atoms with Crippen molar-refractivity contribution in [1.82, 2.24) is 24.5 Å². The summed E-state index contributed by atoms with van der Waals surface area (Å²) in [5, 5.41) is 7.42. The van der Waals surface area contributed by atoms with Crippen molar-refractivity contribution in [3.8, 4) is 34.1 Å². The van der Waals surface area contributed by atoms with E-state index < -0.39 is 0 Å². The monoisotopic (exact) mass is 533 g/mol. The van der Waals surface area contributed by atoms with Gasteiger partial charge in [-0.15, -0.1) is 0 Å². The van der Waals surface area contributed by atoms with Crippen LogP contribution < -0.4 is 29.2 Å². The van der Waals surface area contributed by atoms with Crippen LogP contribution in [0.25, 0.3) is 16.9 Å². The Morgan fingerprint density at radius 1 is 0.872 bits per heavy atom. The zero-order valence-corrected chi connectivity index (χ0v) is 22.4. The van der Waals surface area contributed by atoms with Crippen LogP contribution in [-0.2, 0) is 0 Å². The summed E-state index contributed by atoms with van der Waals surface area (Å²) in [5.74, 6) is 3.58. The second kappa shape index (κ2) is 11.3. The maximum atomic E-state index is 13.3.